The Kier molecular flexibility index (Phi) is 5.22. The van der Waals surface area contributed by atoms with Gasteiger partial charge in [-0.15, -0.1) is 0 Å². The van der Waals surface area contributed by atoms with E-state index in [4.69, 9.17) is 15.2 Å². The van der Waals surface area contributed by atoms with Crippen molar-refractivity contribution in [3.05, 3.63) is 23.3 Å². The normalized spacial score (nSPS) is 12.3. The third-order valence-electron chi connectivity index (χ3n) is 2.91. The molecule has 0 saturated carbocycles. The molecule has 0 bridgehead atoms. The number of ether oxygens (including phenoxy) is 2. The van der Waals surface area contributed by atoms with Gasteiger partial charge in [-0.25, -0.2) is 4.39 Å². The molecule has 0 aliphatic rings. The van der Waals surface area contributed by atoms with Gasteiger partial charge in [-0.2, -0.15) is 0 Å². The number of hydrogen-bond donors (Lipinski definition) is 1. The van der Waals surface area contributed by atoms with Crippen LogP contribution < -0.4 is 15.2 Å². The lowest BCUT2D eigenvalue weighted by Crippen LogP contribution is -2.06. The van der Waals surface area contributed by atoms with E-state index >= 15 is 0 Å². The van der Waals surface area contributed by atoms with E-state index in [1.54, 1.807) is 20.3 Å². The fourth-order valence-electron chi connectivity index (χ4n) is 1.88. The minimum absolute atomic E-state index is 0.262. The van der Waals surface area contributed by atoms with Crippen molar-refractivity contribution >= 4 is 0 Å². The molecule has 96 valence electrons. The van der Waals surface area contributed by atoms with Crippen LogP contribution in [0.25, 0.3) is 0 Å². The molecule has 17 heavy (non-hydrogen) atoms. The third-order valence-corrected chi connectivity index (χ3v) is 2.91. The quantitative estimate of drug-likeness (QED) is 0.832. The van der Waals surface area contributed by atoms with E-state index in [0.717, 1.165) is 12.0 Å². The van der Waals surface area contributed by atoms with Crippen LogP contribution in [0.15, 0.2) is 12.1 Å². The molecule has 2 N–H and O–H groups in total. The first-order chi connectivity index (χ1) is 8.17. The second kappa shape index (κ2) is 6.45. The van der Waals surface area contributed by atoms with Gasteiger partial charge in [0.25, 0.3) is 0 Å². The molecule has 0 aromatic heterocycles. The van der Waals surface area contributed by atoms with Crippen molar-refractivity contribution in [1.29, 1.82) is 0 Å². The van der Waals surface area contributed by atoms with Gasteiger partial charge >= 0.3 is 0 Å². The molecule has 0 fully saturated rings. The average Bonchev–Trinajstić information content (AvgIpc) is 2.37. The van der Waals surface area contributed by atoms with Gasteiger partial charge in [0.2, 0.25) is 0 Å². The zero-order valence-electron chi connectivity index (χ0n) is 10.6. The van der Waals surface area contributed by atoms with Gasteiger partial charge < -0.3 is 15.2 Å². The molecule has 1 unspecified atom stereocenters. The summed E-state index contributed by atoms with van der Waals surface area (Å²) in [6, 6.07) is 3.54. The molecule has 0 radical (unpaired) electrons. The Bertz CT molecular complexity index is 369. The Morgan fingerprint density at radius 2 is 1.88 bits per heavy atom. The second-order valence-electron chi connectivity index (χ2n) is 4.02. The standard InChI is InChI=1S/C13H20FNO2/c1-9(4-5-15)11-7-12(16-2)10(8-14)6-13(11)17-3/h6-7,9H,4-5,8,15H2,1-3H3. The lowest BCUT2D eigenvalue weighted by molar-refractivity contribution is 0.380. The number of alkyl halides is 1. The van der Waals surface area contributed by atoms with Crippen molar-refractivity contribution in [2.24, 2.45) is 5.73 Å². The van der Waals surface area contributed by atoms with E-state index in [1.165, 1.54) is 0 Å². The fraction of sp³-hybridized carbons (Fsp3) is 0.538. The predicted molar refractivity (Wildman–Crippen MR) is 66.4 cm³/mol. The number of benzene rings is 1. The lowest BCUT2D eigenvalue weighted by atomic mass is 9.95. The summed E-state index contributed by atoms with van der Waals surface area (Å²) in [5.41, 5.74) is 7.07. The fourth-order valence-corrected chi connectivity index (χ4v) is 1.88. The molecule has 1 aromatic rings. The number of hydrogen-bond acceptors (Lipinski definition) is 3. The van der Waals surface area contributed by atoms with Gasteiger partial charge in [-0.1, -0.05) is 6.92 Å². The van der Waals surface area contributed by atoms with Gasteiger partial charge in [0.05, 0.1) is 14.2 Å². The van der Waals surface area contributed by atoms with Crippen LogP contribution in [0.2, 0.25) is 0 Å². The van der Waals surface area contributed by atoms with Gasteiger partial charge in [-0.3, -0.25) is 0 Å². The van der Waals surface area contributed by atoms with Crippen LogP contribution in [0, 0.1) is 0 Å². The highest BCUT2D eigenvalue weighted by Crippen LogP contribution is 2.35. The zero-order chi connectivity index (χ0) is 12.8. The summed E-state index contributed by atoms with van der Waals surface area (Å²) in [5.74, 6) is 1.52. The number of nitrogens with two attached hydrogens (primary N) is 1. The minimum atomic E-state index is -0.564. The van der Waals surface area contributed by atoms with Crippen molar-refractivity contribution in [2.75, 3.05) is 20.8 Å². The van der Waals surface area contributed by atoms with Crippen LogP contribution in [-0.4, -0.2) is 20.8 Å². The highest BCUT2D eigenvalue weighted by atomic mass is 19.1. The summed E-state index contributed by atoms with van der Waals surface area (Å²) in [6.45, 7) is 2.11. The van der Waals surface area contributed by atoms with E-state index in [0.29, 0.717) is 23.6 Å². The Labute approximate surface area is 102 Å². The monoisotopic (exact) mass is 241 g/mol. The maximum Gasteiger partial charge on any atom is 0.125 e. The van der Waals surface area contributed by atoms with Crippen molar-refractivity contribution in [2.45, 2.75) is 25.9 Å². The molecule has 0 saturated heterocycles. The first-order valence-corrected chi connectivity index (χ1v) is 5.68. The molecular weight excluding hydrogens is 221 g/mol. The molecule has 0 aliphatic carbocycles. The summed E-state index contributed by atoms with van der Waals surface area (Å²) in [4.78, 5) is 0. The van der Waals surface area contributed by atoms with E-state index in [2.05, 4.69) is 6.92 Å². The molecule has 0 heterocycles. The summed E-state index contributed by atoms with van der Waals surface area (Å²) < 4.78 is 23.3. The Morgan fingerprint density at radius 1 is 1.24 bits per heavy atom. The maximum absolute atomic E-state index is 12.8. The smallest absolute Gasteiger partial charge is 0.125 e. The number of methoxy groups -OCH3 is 2. The van der Waals surface area contributed by atoms with Gasteiger partial charge in [0.1, 0.15) is 18.2 Å². The van der Waals surface area contributed by atoms with Crippen LogP contribution in [0.1, 0.15) is 30.4 Å². The van der Waals surface area contributed by atoms with E-state index in [9.17, 15) is 4.39 Å². The summed E-state index contributed by atoms with van der Waals surface area (Å²) in [6.07, 6.45) is 0.856. The topological polar surface area (TPSA) is 44.5 Å². The minimum Gasteiger partial charge on any atom is -0.496 e. The lowest BCUT2D eigenvalue weighted by Gasteiger charge is -2.18. The van der Waals surface area contributed by atoms with E-state index in [-0.39, 0.29) is 5.92 Å². The summed E-state index contributed by atoms with van der Waals surface area (Å²) in [5, 5.41) is 0. The third kappa shape index (κ3) is 3.09. The Morgan fingerprint density at radius 3 is 2.35 bits per heavy atom. The molecule has 4 heteroatoms. The molecule has 0 aliphatic heterocycles. The largest absolute Gasteiger partial charge is 0.496 e. The van der Waals surface area contributed by atoms with Crippen molar-refractivity contribution in [1.82, 2.24) is 0 Å². The first-order valence-electron chi connectivity index (χ1n) is 5.68. The Balaban J connectivity index is 3.18. The van der Waals surface area contributed by atoms with Crippen LogP contribution in [0.4, 0.5) is 4.39 Å². The molecule has 0 amide bonds. The molecule has 1 rings (SSSR count). The summed E-state index contributed by atoms with van der Waals surface area (Å²) in [7, 11) is 3.13. The van der Waals surface area contributed by atoms with Crippen LogP contribution in [0.3, 0.4) is 0 Å². The van der Waals surface area contributed by atoms with Crippen LogP contribution in [-0.2, 0) is 6.67 Å². The van der Waals surface area contributed by atoms with Crippen molar-refractivity contribution in [3.63, 3.8) is 0 Å². The van der Waals surface area contributed by atoms with Crippen LogP contribution >= 0.6 is 0 Å². The van der Waals surface area contributed by atoms with Crippen LogP contribution in [0.5, 0.6) is 11.5 Å². The molecular formula is C13H20FNO2. The number of rotatable bonds is 6. The first kappa shape index (κ1) is 13.8. The molecule has 3 nitrogen and oxygen atoms in total. The Hall–Kier alpha value is -1.29. The zero-order valence-corrected chi connectivity index (χ0v) is 10.6. The molecule has 1 atom stereocenters. The van der Waals surface area contributed by atoms with E-state index < -0.39 is 6.67 Å². The SMILES string of the molecule is COc1cc(C(C)CCN)c(OC)cc1CF. The van der Waals surface area contributed by atoms with Gasteiger partial charge in [-0.05, 0) is 31.0 Å². The highest BCUT2D eigenvalue weighted by Gasteiger charge is 2.15. The van der Waals surface area contributed by atoms with Gasteiger partial charge in [0, 0.05) is 11.1 Å². The van der Waals surface area contributed by atoms with Gasteiger partial charge in [0.15, 0.2) is 0 Å². The highest BCUT2D eigenvalue weighted by molar-refractivity contribution is 5.47. The molecule has 1 aromatic carbocycles. The second-order valence-corrected chi connectivity index (χ2v) is 4.02. The summed E-state index contributed by atoms with van der Waals surface area (Å²) >= 11 is 0. The van der Waals surface area contributed by atoms with Crippen molar-refractivity contribution in [3.8, 4) is 11.5 Å². The van der Waals surface area contributed by atoms with E-state index in [1.807, 2.05) is 6.07 Å². The maximum atomic E-state index is 12.8. The molecule has 0 spiro atoms. The van der Waals surface area contributed by atoms with Crippen molar-refractivity contribution < 1.29 is 13.9 Å². The predicted octanol–water partition coefficient (Wildman–Crippen LogP) is 2.63. The number of halogens is 1. The average molecular weight is 241 g/mol.